The van der Waals surface area contributed by atoms with Gasteiger partial charge in [-0.1, -0.05) is 35.6 Å². The zero-order valence-corrected chi connectivity index (χ0v) is 13.8. The van der Waals surface area contributed by atoms with Gasteiger partial charge in [-0.05, 0) is 18.4 Å². The molecule has 1 fully saturated rings. The zero-order chi connectivity index (χ0) is 18.0. The third kappa shape index (κ3) is 4.16. The van der Waals surface area contributed by atoms with Gasteiger partial charge in [-0.2, -0.15) is 8.78 Å². The molecule has 0 bridgehead atoms. The lowest BCUT2D eigenvalue weighted by Crippen LogP contribution is -2.43. The van der Waals surface area contributed by atoms with Gasteiger partial charge >= 0.3 is 6.43 Å². The number of carbonyl (C=O) groups is 1. The molecule has 3 rings (SSSR count). The van der Waals surface area contributed by atoms with Crippen LogP contribution < -0.4 is 5.32 Å². The second kappa shape index (κ2) is 7.49. The van der Waals surface area contributed by atoms with Crippen LogP contribution in [-0.4, -0.2) is 40.4 Å². The van der Waals surface area contributed by atoms with E-state index in [1.807, 2.05) is 0 Å². The number of hydrogen-bond acceptors (Lipinski definition) is 5. The second-order valence-electron chi connectivity index (χ2n) is 5.86. The van der Waals surface area contributed by atoms with Crippen LogP contribution in [0.4, 0.5) is 13.2 Å². The van der Waals surface area contributed by atoms with Crippen molar-refractivity contribution in [2.45, 2.75) is 37.3 Å². The molecular formula is C16H16F3N3O2S. The summed E-state index contributed by atoms with van der Waals surface area (Å²) in [5.74, 6) is -1.10. The molecule has 0 radical (unpaired) electrons. The Balaban J connectivity index is 1.70. The van der Waals surface area contributed by atoms with Crippen LogP contribution in [0.2, 0.25) is 0 Å². The lowest BCUT2D eigenvalue weighted by Gasteiger charge is -2.21. The fourth-order valence-electron chi connectivity index (χ4n) is 2.35. The smallest absolute Gasteiger partial charge is 0.315 e. The third-order valence-corrected chi connectivity index (χ3v) is 5.07. The summed E-state index contributed by atoms with van der Waals surface area (Å²) in [7, 11) is 0. The van der Waals surface area contributed by atoms with Gasteiger partial charge in [-0.25, -0.2) is 4.39 Å². The minimum atomic E-state index is -3.26. The first-order valence-electron chi connectivity index (χ1n) is 7.76. The Labute approximate surface area is 145 Å². The first kappa shape index (κ1) is 17.8. The number of alkyl halides is 3. The quantitative estimate of drug-likeness (QED) is 0.785. The number of aromatic nitrogens is 2. The number of aliphatic hydroxyl groups excluding tert-OH is 1. The molecule has 1 aromatic heterocycles. The molecule has 0 aliphatic heterocycles. The van der Waals surface area contributed by atoms with Gasteiger partial charge in [-0.15, -0.1) is 10.2 Å². The van der Waals surface area contributed by atoms with Gasteiger partial charge in [0.15, 0.2) is 0 Å². The Morgan fingerprint density at radius 3 is 2.52 bits per heavy atom. The Morgan fingerprint density at radius 2 is 1.96 bits per heavy atom. The Kier molecular flexibility index (Phi) is 5.33. The van der Waals surface area contributed by atoms with Crippen molar-refractivity contribution in [3.05, 3.63) is 34.8 Å². The lowest BCUT2D eigenvalue weighted by atomic mass is 10.0. The number of hydrogen-bond donors (Lipinski definition) is 2. The number of nitrogens with zero attached hydrogens (tertiary/aromatic N) is 2. The summed E-state index contributed by atoms with van der Waals surface area (Å²) in [4.78, 5) is 11.0. The van der Waals surface area contributed by atoms with Crippen LogP contribution in [0, 0.1) is 0 Å². The highest BCUT2D eigenvalue weighted by atomic mass is 32.1. The van der Waals surface area contributed by atoms with Gasteiger partial charge in [0.25, 0.3) is 5.91 Å². The Morgan fingerprint density at radius 1 is 1.28 bits per heavy atom. The average molecular weight is 371 g/mol. The number of amides is 1. The Bertz CT molecular complexity index is 734. The van der Waals surface area contributed by atoms with Crippen molar-refractivity contribution in [1.29, 1.82) is 0 Å². The predicted octanol–water partition coefficient (Wildman–Crippen LogP) is 2.84. The third-order valence-electron chi connectivity index (χ3n) is 3.94. The fraction of sp³-hybridized carbons (Fsp3) is 0.438. The number of aliphatic hydroxyl groups is 1. The molecule has 1 amide bonds. The second-order valence-corrected chi connectivity index (χ2v) is 6.87. The van der Waals surface area contributed by atoms with Crippen molar-refractivity contribution in [3.8, 4) is 10.6 Å². The molecule has 0 spiro atoms. The van der Waals surface area contributed by atoms with Crippen molar-refractivity contribution in [3.63, 3.8) is 0 Å². The van der Waals surface area contributed by atoms with Crippen LogP contribution in [0.25, 0.3) is 10.6 Å². The summed E-state index contributed by atoms with van der Waals surface area (Å²) >= 11 is 1.51. The number of rotatable bonds is 7. The van der Waals surface area contributed by atoms with Crippen LogP contribution in [-0.2, 0) is 4.79 Å². The largest absolute Gasteiger partial charge is 0.386 e. The van der Waals surface area contributed by atoms with Crippen LogP contribution in [0.5, 0.6) is 0 Å². The van der Waals surface area contributed by atoms with Crippen molar-refractivity contribution >= 4 is 17.2 Å². The summed E-state index contributed by atoms with van der Waals surface area (Å²) in [6.07, 6.45) is -2.43. The lowest BCUT2D eigenvalue weighted by molar-refractivity contribution is -0.133. The van der Waals surface area contributed by atoms with Crippen LogP contribution in [0.3, 0.4) is 0 Å². The fourth-order valence-corrected chi connectivity index (χ4v) is 3.37. The minimum absolute atomic E-state index is 0.313. The topological polar surface area (TPSA) is 75.1 Å². The number of halogens is 3. The van der Waals surface area contributed by atoms with E-state index in [1.54, 1.807) is 29.6 Å². The highest BCUT2D eigenvalue weighted by molar-refractivity contribution is 7.14. The highest BCUT2D eigenvalue weighted by Gasteiger charge is 2.28. The van der Waals surface area contributed by atoms with E-state index < -0.39 is 31.2 Å². The molecule has 2 atom stereocenters. The van der Waals surface area contributed by atoms with Gasteiger partial charge < -0.3 is 10.4 Å². The number of benzene rings is 1. The summed E-state index contributed by atoms with van der Waals surface area (Å²) in [5.41, 5.74) is 1.11. The van der Waals surface area contributed by atoms with Crippen LogP contribution in [0.1, 0.15) is 35.4 Å². The van der Waals surface area contributed by atoms with Crippen LogP contribution in [0.15, 0.2) is 24.3 Å². The molecule has 1 aliphatic carbocycles. The summed E-state index contributed by atoms with van der Waals surface area (Å²) in [5, 5.41) is 22.0. The summed E-state index contributed by atoms with van der Waals surface area (Å²) in [6.45, 7) is -1.16. The average Bonchev–Trinajstić information content (AvgIpc) is 3.36. The normalized spacial score (nSPS) is 16.7. The first-order chi connectivity index (χ1) is 12.0. The molecule has 0 saturated heterocycles. The Hall–Kier alpha value is -2.00. The van der Waals surface area contributed by atoms with Gasteiger partial charge in [-0.3, -0.25) is 4.79 Å². The van der Waals surface area contributed by atoms with E-state index in [0.29, 0.717) is 11.5 Å². The SMILES string of the molecule is O=C(NC(CF)C(O)c1ccc(-c2nnc(C3CC3)s2)cc1)C(F)F. The van der Waals surface area contributed by atoms with E-state index in [0.717, 1.165) is 28.4 Å². The molecule has 2 unspecified atom stereocenters. The van der Waals surface area contributed by atoms with E-state index in [2.05, 4.69) is 10.2 Å². The maximum Gasteiger partial charge on any atom is 0.315 e. The predicted molar refractivity (Wildman–Crippen MR) is 86.2 cm³/mol. The monoisotopic (exact) mass is 371 g/mol. The van der Waals surface area contributed by atoms with Crippen molar-refractivity contribution < 1.29 is 23.1 Å². The van der Waals surface area contributed by atoms with Crippen LogP contribution >= 0.6 is 11.3 Å². The van der Waals surface area contributed by atoms with E-state index in [-0.39, 0.29) is 0 Å². The van der Waals surface area contributed by atoms with Crippen molar-refractivity contribution in [2.24, 2.45) is 0 Å². The summed E-state index contributed by atoms with van der Waals surface area (Å²) < 4.78 is 37.5. The molecule has 1 aromatic carbocycles. The standard InChI is InChI=1S/C16H16F3N3O2S/c17-7-11(20-14(24)13(18)19)12(23)8-1-3-9(4-2-8)15-21-22-16(25-15)10-5-6-10/h1-4,10-13,23H,5-7H2,(H,20,24). The highest BCUT2D eigenvalue weighted by Crippen LogP contribution is 2.42. The molecule has 1 heterocycles. The minimum Gasteiger partial charge on any atom is -0.386 e. The molecule has 5 nitrogen and oxygen atoms in total. The molecule has 2 N–H and O–H groups in total. The van der Waals surface area contributed by atoms with Gasteiger partial charge in [0, 0.05) is 11.5 Å². The molecule has 1 aliphatic rings. The van der Waals surface area contributed by atoms with Crippen molar-refractivity contribution in [2.75, 3.05) is 6.67 Å². The van der Waals surface area contributed by atoms with Crippen molar-refractivity contribution in [1.82, 2.24) is 15.5 Å². The maximum absolute atomic E-state index is 13.0. The molecular weight excluding hydrogens is 355 g/mol. The summed E-state index contributed by atoms with van der Waals surface area (Å²) in [6, 6.07) is 5.06. The van der Waals surface area contributed by atoms with E-state index in [1.165, 1.54) is 11.3 Å². The number of nitrogens with one attached hydrogen (secondary N) is 1. The van der Waals surface area contributed by atoms with E-state index in [9.17, 15) is 23.1 Å². The number of carbonyl (C=O) groups excluding carboxylic acids is 1. The molecule has 9 heteroatoms. The molecule has 25 heavy (non-hydrogen) atoms. The molecule has 1 saturated carbocycles. The molecule has 134 valence electrons. The maximum atomic E-state index is 13.0. The van der Waals surface area contributed by atoms with Gasteiger partial charge in [0.2, 0.25) is 0 Å². The molecule has 2 aromatic rings. The van der Waals surface area contributed by atoms with E-state index >= 15 is 0 Å². The van der Waals surface area contributed by atoms with Gasteiger partial charge in [0.05, 0.1) is 6.04 Å². The van der Waals surface area contributed by atoms with E-state index in [4.69, 9.17) is 0 Å². The van der Waals surface area contributed by atoms with Gasteiger partial charge in [0.1, 0.15) is 22.8 Å². The first-order valence-corrected chi connectivity index (χ1v) is 8.57. The zero-order valence-electron chi connectivity index (χ0n) is 13.0.